The van der Waals surface area contributed by atoms with Crippen LogP contribution in [0.5, 0.6) is 0 Å². The summed E-state index contributed by atoms with van der Waals surface area (Å²) in [6, 6.07) is 8.55. The molecule has 0 radical (unpaired) electrons. The highest BCUT2D eigenvalue weighted by atomic mass is 127. The van der Waals surface area contributed by atoms with Gasteiger partial charge in [-0.15, -0.1) is 24.0 Å². The second kappa shape index (κ2) is 12.7. The molecule has 1 heterocycles. The summed E-state index contributed by atoms with van der Waals surface area (Å²) in [6.07, 6.45) is 5.21. The first-order valence-corrected chi connectivity index (χ1v) is 10.8. The maximum Gasteiger partial charge on any atom is 0.191 e. The van der Waals surface area contributed by atoms with E-state index in [1.54, 1.807) is 0 Å². The van der Waals surface area contributed by atoms with Crippen molar-refractivity contribution in [3.8, 4) is 0 Å². The number of ether oxygens (including phenoxy) is 1. The predicted molar refractivity (Wildman–Crippen MR) is 129 cm³/mol. The molecule has 0 atom stereocenters. The molecule has 6 nitrogen and oxygen atoms in total. The number of hydrogen-bond donors (Lipinski definition) is 3. The molecule has 0 bridgehead atoms. The van der Waals surface area contributed by atoms with Crippen LogP contribution in [0.4, 0.5) is 0 Å². The highest BCUT2D eigenvalue weighted by molar-refractivity contribution is 14.0. The van der Waals surface area contributed by atoms with Crippen molar-refractivity contribution >= 4 is 29.9 Å². The van der Waals surface area contributed by atoms with Crippen molar-refractivity contribution in [2.45, 2.75) is 57.7 Å². The molecule has 0 aromatic heterocycles. The van der Waals surface area contributed by atoms with Gasteiger partial charge < -0.3 is 20.5 Å². The normalized spacial score (nSPS) is 20.0. The van der Waals surface area contributed by atoms with Crippen LogP contribution in [0.2, 0.25) is 0 Å². The monoisotopic (exact) mass is 516 g/mol. The minimum atomic E-state index is -0.595. The molecule has 0 unspecified atom stereocenters. The Balaban J connectivity index is 0.00000300. The van der Waals surface area contributed by atoms with Crippen LogP contribution < -0.4 is 10.6 Å². The number of guanidine groups is 1. The number of rotatable bonds is 7. The Kier molecular flexibility index (Phi) is 10.7. The molecule has 29 heavy (non-hydrogen) atoms. The lowest BCUT2D eigenvalue weighted by atomic mass is 9.85. The summed E-state index contributed by atoms with van der Waals surface area (Å²) < 4.78 is 5.46. The zero-order valence-electron chi connectivity index (χ0n) is 17.7. The molecule has 2 fully saturated rings. The van der Waals surface area contributed by atoms with E-state index < -0.39 is 5.60 Å². The maximum absolute atomic E-state index is 10.7. The first-order chi connectivity index (χ1) is 13.7. The van der Waals surface area contributed by atoms with E-state index in [1.165, 1.54) is 17.5 Å². The molecule has 1 aromatic rings. The molecule has 0 amide bonds. The van der Waals surface area contributed by atoms with Crippen molar-refractivity contribution in [1.29, 1.82) is 0 Å². The van der Waals surface area contributed by atoms with Gasteiger partial charge in [-0.3, -0.25) is 4.90 Å². The van der Waals surface area contributed by atoms with Crippen molar-refractivity contribution < 1.29 is 9.84 Å². The van der Waals surface area contributed by atoms with Gasteiger partial charge in [0.2, 0.25) is 0 Å². The fraction of sp³-hybridized carbons (Fsp3) is 0.682. The largest absolute Gasteiger partial charge is 0.388 e. The van der Waals surface area contributed by atoms with E-state index in [2.05, 4.69) is 46.7 Å². The molecule has 3 rings (SSSR count). The minimum Gasteiger partial charge on any atom is -0.388 e. The van der Waals surface area contributed by atoms with Crippen LogP contribution in [0.1, 0.15) is 50.2 Å². The molecule has 1 aromatic carbocycles. The van der Waals surface area contributed by atoms with E-state index in [0.29, 0.717) is 13.1 Å². The fourth-order valence-corrected chi connectivity index (χ4v) is 4.01. The molecule has 7 heteroatoms. The number of morpholine rings is 1. The topological polar surface area (TPSA) is 69.1 Å². The zero-order valence-corrected chi connectivity index (χ0v) is 20.0. The number of nitrogens with zero attached hydrogens (tertiary/aromatic N) is 2. The Morgan fingerprint density at radius 2 is 1.79 bits per heavy atom. The number of nitrogens with one attached hydrogen (secondary N) is 2. The summed E-state index contributed by atoms with van der Waals surface area (Å²) in [5, 5.41) is 17.4. The van der Waals surface area contributed by atoms with Gasteiger partial charge in [-0.2, -0.15) is 0 Å². The lowest BCUT2D eigenvalue weighted by Gasteiger charge is -2.32. The van der Waals surface area contributed by atoms with Gasteiger partial charge in [0.05, 0.1) is 25.4 Å². The summed E-state index contributed by atoms with van der Waals surface area (Å²) in [7, 11) is 0. The third-order valence-electron chi connectivity index (χ3n) is 5.74. The van der Waals surface area contributed by atoms with Crippen molar-refractivity contribution in [2.75, 3.05) is 39.4 Å². The van der Waals surface area contributed by atoms with E-state index in [9.17, 15) is 5.11 Å². The van der Waals surface area contributed by atoms with Crippen LogP contribution in [0, 0.1) is 0 Å². The summed E-state index contributed by atoms with van der Waals surface area (Å²) in [5.74, 6) is 0.780. The van der Waals surface area contributed by atoms with Crippen molar-refractivity contribution in [3.05, 3.63) is 35.4 Å². The Bertz CT molecular complexity index is 629. The number of benzene rings is 1. The number of halogens is 1. The van der Waals surface area contributed by atoms with Gasteiger partial charge in [-0.25, -0.2) is 4.99 Å². The third kappa shape index (κ3) is 8.03. The Morgan fingerprint density at radius 1 is 1.10 bits per heavy atom. The molecular weight excluding hydrogens is 479 g/mol. The average molecular weight is 516 g/mol. The second-order valence-electron chi connectivity index (χ2n) is 7.99. The number of aliphatic imine (C=N–C) groups is 1. The molecule has 1 aliphatic carbocycles. The quantitative estimate of drug-likeness (QED) is 0.296. The smallest absolute Gasteiger partial charge is 0.191 e. The van der Waals surface area contributed by atoms with Crippen molar-refractivity contribution in [1.82, 2.24) is 15.5 Å². The van der Waals surface area contributed by atoms with Crippen LogP contribution in [0.15, 0.2) is 29.3 Å². The van der Waals surface area contributed by atoms with Gasteiger partial charge in [0.1, 0.15) is 0 Å². The molecular formula is C22H37IN4O2. The van der Waals surface area contributed by atoms with E-state index >= 15 is 0 Å². The van der Waals surface area contributed by atoms with Crippen molar-refractivity contribution in [2.24, 2.45) is 4.99 Å². The summed E-state index contributed by atoms with van der Waals surface area (Å²) in [5.41, 5.74) is 1.99. The minimum absolute atomic E-state index is 0. The second-order valence-corrected chi connectivity index (χ2v) is 7.99. The Labute approximate surface area is 192 Å². The highest BCUT2D eigenvalue weighted by Crippen LogP contribution is 2.27. The molecule has 1 saturated carbocycles. The molecule has 1 aliphatic heterocycles. The Hall–Kier alpha value is -0.900. The first-order valence-electron chi connectivity index (χ1n) is 10.8. The van der Waals surface area contributed by atoms with E-state index in [-0.39, 0.29) is 24.0 Å². The summed E-state index contributed by atoms with van der Waals surface area (Å²) in [4.78, 5) is 7.23. The lowest BCUT2D eigenvalue weighted by molar-refractivity contribution is 0.00858. The van der Waals surface area contributed by atoms with E-state index in [1.807, 2.05) is 0 Å². The molecule has 164 valence electrons. The number of hydrogen-bond acceptors (Lipinski definition) is 4. The molecule has 1 saturated heterocycles. The van der Waals surface area contributed by atoms with E-state index in [4.69, 9.17) is 9.73 Å². The predicted octanol–water partition coefficient (Wildman–Crippen LogP) is 2.89. The average Bonchev–Trinajstić information content (AvgIpc) is 2.72. The highest BCUT2D eigenvalue weighted by Gasteiger charge is 2.29. The fourth-order valence-electron chi connectivity index (χ4n) is 4.01. The third-order valence-corrected chi connectivity index (χ3v) is 5.74. The van der Waals surface area contributed by atoms with Crippen molar-refractivity contribution in [3.63, 3.8) is 0 Å². The van der Waals surface area contributed by atoms with Gasteiger partial charge in [-0.05, 0) is 30.9 Å². The molecule has 3 N–H and O–H groups in total. The summed E-state index contributed by atoms with van der Waals surface area (Å²) >= 11 is 0. The van der Waals surface area contributed by atoms with Crippen LogP contribution in [-0.4, -0.2) is 61.0 Å². The van der Waals surface area contributed by atoms with Gasteiger partial charge in [0, 0.05) is 32.7 Å². The van der Waals surface area contributed by atoms with Crippen LogP contribution in [0.25, 0.3) is 0 Å². The van der Waals surface area contributed by atoms with Gasteiger partial charge >= 0.3 is 0 Å². The maximum atomic E-state index is 10.7. The van der Waals surface area contributed by atoms with Gasteiger partial charge in [-0.1, -0.05) is 43.5 Å². The first kappa shape index (κ1) is 24.4. The SMILES string of the molecule is CCNC(=NCc1ccccc1CN1CCOCC1)NCC1(O)CCCCC1.I. The lowest BCUT2D eigenvalue weighted by Crippen LogP contribution is -2.48. The molecule has 2 aliphatic rings. The summed E-state index contributed by atoms with van der Waals surface area (Å²) in [6.45, 7) is 8.62. The number of aliphatic hydroxyl groups is 1. The van der Waals surface area contributed by atoms with Crippen LogP contribution in [0.3, 0.4) is 0 Å². The molecule has 0 spiro atoms. The Morgan fingerprint density at radius 3 is 2.48 bits per heavy atom. The zero-order chi connectivity index (χ0) is 19.7. The van der Waals surface area contributed by atoms with Gasteiger partial charge in [0.25, 0.3) is 0 Å². The van der Waals surface area contributed by atoms with Crippen LogP contribution in [-0.2, 0) is 17.8 Å². The van der Waals surface area contributed by atoms with Gasteiger partial charge in [0.15, 0.2) is 5.96 Å². The van der Waals surface area contributed by atoms with E-state index in [0.717, 1.165) is 71.0 Å². The van der Waals surface area contributed by atoms with Crippen LogP contribution >= 0.6 is 24.0 Å². The standard InChI is InChI=1S/C22H36N4O2.HI/c1-2-23-21(25-18-22(27)10-6-3-7-11-22)24-16-19-8-4-5-9-20(19)17-26-12-14-28-15-13-26;/h4-5,8-9,27H,2-3,6-7,10-18H2,1H3,(H2,23,24,25);1H.